The Labute approximate surface area is 121 Å². The van der Waals surface area contributed by atoms with Crippen LogP contribution in [0.4, 0.5) is 0 Å². The van der Waals surface area contributed by atoms with Crippen molar-refractivity contribution < 1.29 is 8.85 Å². The Morgan fingerprint density at radius 1 is 1.06 bits per heavy atom. The summed E-state index contributed by atoms with van der Waals surface area (Å²) < 4.78 is 11.6. The van der Waals surface area contributed by atoms with E-state index < -0.39 is 9.28 Å². The molecule has 0 fully saturated rings. The van der Waals surface area contributed by atoms with Gasteiger partial charge in [-0.3, -0.25) is 0 Å². The van der Waals surface area contributed by atoms with E-state index in [0.29, 0.717) is 13.2 Å². The summed E-state index contributed by atoms with van der Waals surface area (Å²) in [5.41, 5.74) is 1.18. The van der Waals surface area contributed by atoms with Gasteiger partial charge in [-0.15, -0.1) is 23.2 Å². The van der Waals surface area contributed by atoms with Gasteiger partial charge < -0.3 is 8.85 Å². The SMILES string of the molecule is Cc1ccccc1[Si](OCC(C)Cl)OCC(C)Cl. The van der Waals surface area contributed by atoms with Crippen LogP contribution in [-0.2, 0) is 8.85 Å². The van der Waals surface area contributed by atoms with Crippen LogP contribution in [0.5, 0.6) is 0 Å². The maximum absolute atomic E-state index is 5.92. The first-order valence-electron chi connectivity index (χ1n) is 5.97. The van der Waals surface area contributed by atoms with E-state index in [2.05, 4.69) is 13.0 Å². The van der Waals surface area contributed by atoms with Crippen LogP contribution in [-0.4, -0.2) is 33.3 Å². The molecule has 0 N–H and O–H groups in total. The van der Waals surface area contributed by atoms with Crippen molar-refractivity contribution in [2.24, 2.45) is 0 Å². The van der Waals surface area contributed by atoms with Gasteiger partial charge in [-0.25, -0.2) is 0 Å². The normalized spacial score (nSPS) is 14.8. The molecule has 0 amide bonds. The first kappa shape index (κ1) is 16.0. The number of rotatable bonds is 7. The smallest absolute Gasteiger partial charge is 0.388 e. The fraction of sp³-hybridized carbons (Fsp3) is 0.538. The van der Waals surface area contributed by atoms with Crippen molar-refractivity contribution in [2.75, 3.05) is 13.2 Å². The number of alkyl halides is 2. The largest absolute Gasteiger partial charge is 0.424 e. The Kier molecular flexibility index (Phi) is 7.26. The second kappa shape index (κ2) is 8.18. The summed E-state index contributed by atoms with van der Waals surface area (Å²) in [7, 11) is -1.51. The van der Waals surface area contributed by atoms with Crippen LogP contribution in [0.3, 0.4) is 0 Å². The van der Waals surface area contributed by atoms with E-state index in [1.54, 1.807) is 0 Å². The molecule has 1 radical (unpaired) electrons. The molecule has 101 valence electrons. The zero-order valence-corrected chi connectivity index (χ0v) is 13.5. The summed E-state index contributed by atoms with van der Waals surface area (Å²) in [6.45, 7) is 6.84. The van der Waals surface area contributed by atoms with Crippen molar-refractivity contribution >= 4 is 37.7 Å². The van der Waals surface area contributed by atoms with Crippen molar-refractivity contribution in [2.45, 2.75) is 31.5 Å². The molecule has 0 aliphatic carbocycles. The maximum atomic E-state index is 5.92. The topological polar surface area (TPSA) is 18.5 Å². The molecule has 1 aromatic rings. The standard InChI is InChI=1S/C13H19Cl2O2Si/c1-10-6-4-5-7-13(10)18(16-8-11(2)14)17-9-12(3)15/h4-7,11-12H,8-9H2,1-3H3. The van der Waals surface area contributed by atoms with E-state index in [1.807, 2.05) is 32.0 Å². The van der Waals surface area contributed by atoms with E-state index in [-0.39, 0.29) is 10.8 Å². The lowest BCUT2D eigenvalue weighted by atomic mass is 10.2. The van der Waals surface area contributed by atoms with Gasteiger partial charge >= 0.3 is 9.28 Å². The number of hydrogen-bond donors (Lipinski definition) is 0. The van der Waals surface area contributed by atoms with Crippen LogP contribution >= 0.6 is 23.2 Å². The van der Waals surface area contributed by atoms with Gasteiger partial charge in [0.15, 0.2) is 0 Å². The highest BCUT2D eigenvalue weighted by atomic mass is 35.5. The van der Waals surface area contributed by atoms with Crippen molar-refractivity contribution in [3.05, 3.63) is 29.8 Å². The molecule has 0 bridgehead atoms. The maximum Gasteiger partial charge on any atom is 0.424 e. The summed E-state index contributed by atoms with van der Waals surface area (Å²) in [6, 6.07) is 8.10. The van der Waals surface area contributed by atoms with Gasteiger partial charge in [0, 0.05) is 0 Å². The molecule has 0 saturated heterocycles. The van der Waals surface area contributed by atoms with Crippen molar-refractivity contribution in [3.63, 3.8) is 0 Å². The lowest BCUT2D eigenvalue weighted by Crippen LogP contribution is -2.40. The average Bonchev–Trinajstić information content (AvgIpc) is 2.30. The van der Waals surface area contributed by atoms with Gasteiger partial charge in [0.05, 0.1) is 24.0 Å². The lowest BCUT2D eigenvalue weighted by molar-refractivity contribution is 0.210. The first-order chi connectivity index (χ1) is 8.50. The third-order valence-corrected chi connectivity index (χ3v) is 4.36. The third kappa shape index (κ3) is 5.72. The number of halogens is 2. The molecule has 2 unspecified atom stereocenters. The zero-order valence-electron chi connectivity index (χ0n) is 11.0. The van der Waals surface area contributed by atoms with E-state index in [1.165, 1.54) is 5.56 Å². The second-order valence-corrected chi connectivity index (χ2v) is 7.47. The monoisotopic (exact) mass is 305 g/mol. The Bertz CT molecular complexity index is 347. The van der Waals surface area contributed by atoms with Crippen molar-refractivity contribution in [3.8, 4) is 0 Å². The summed E-state index contributed by atoms with van der Waals surface area (Å²) in [5.74, 6) is 0. The highest BCUT2D eigenvalue weighted by Gasteiger charge is 2.22. The van der Waals surface area contributed by atoms with Crippen LogP contribution in [0, 0.1) is 6.92 Å². The molecule has 0 spiro atoms. The first-order valence-corrected chi connectivity index (χ1v) is 8.16. The Hall–Kier alpha value is -0.0631. The highest BCUT2D eigenvalue weighted by molar-refractivity contribution is 6.61. The van der Waals surface area contributed by atoms with Crippen LogP contribution < -0.4 is 5.19 Å². The van der Waals surface area contributed by atoms with Crippen LogP contribution in [0.25, 0.3) is 0 Å². The van der Waals surface area contributed by atoms with E-state index in [0.717, 1.165) is 5.19 Å². The van der Waals surface area contributed by atoms with Crippen LogP contribution in [0.2, 0.25) is 0 Å². The van der Waals surface area contributed by atoms with Crippen molar-refractivity contribution in [1.82, 2.24) is 0 Å². The molecular weight excluding hydrogens is 287 g/mol. The Balaban J connectivity index is 2.73. The van der Waals surface area contributed by atoms with Gasteiger partial charge in [0.25, 0.3) is 0 Å². The molecule has 1 rings (SSSR count). The summed E-state index contributed by atoms with van der Waals surface area (Å²) >= 11 is 11.8. The highest BCUT2D eigenvalue weighted by Crippen LogP contribution is 2.04. The average molecular weight is 306 g/mol. The molecule has 1 aromatic carbocycles. The second-order valence-electron chi connectivity index (χ2n) is 4.29. The quantitative estimate of drug-likeness (QED) is 0.569. The predicted molar refractivity (Wildman–Crippen MR) is 79.1 cm³/mol. The molecule has 0 heterocycles. The zero-order chi connectivity index (χ0) is 13.5. The minimum absolute atomic E-state index is 0.0222. The molecule has 0 aromatic heterocycles. The van der Waals surface area contributed by atoms with E-state index in [4.69, 9.17) is 32.1 Å². The summed E-state index contributed by atoms with van der Waals surface area (Å²) in [4.78, 5) is 0. The molecule has 18 heavy (non-hydrogen) atoms. The van der Waals surface area contributed by atoms with Gasteiger partial charge in [-0.1, -0.05) is 24.3 Å². The Morgan fingerprint density at radius 3 is 2.00 bits per heavy atom. The van der Waals surface area contributed by atoms with Crippen molar-refractivity contribution in [1.29, 1.82) is 0 Å². The molecule has 0 aliphatic rings. The van der Waals surface area contributed by atoms with E-state index in [9.17, 15) is 0 Å². The van der Waals surface area contributed by atoms with E-state index >= 15 is 0 Å². The van der Waals surface area contributed by atoms with Crippen LogP contribution in [0.1, 0.15) is 19.4 Å². The molecule has 0 saturated carbocycles. The molecular formula is C13H19Cl2O2Si. The Morgan fingerprint density at radius 2 is 1.56 bits per heavy atom. The lowest BCUT2D eigenvalue weighted by Gasteiger charge is -2.18. The fourth-order valence-corrected chi connectivity index (χ4v) is 3.55. The third-order valence-electron chi connectivity index (χ3n) is 2.25. The number of benzene rings is 1. The van der Waals surface area contributed by atoms with Gasteiger partial charge in [-0.2, -0.15) is 0 Å². The number of aryl methyl sites for hydroxylation is 1. The molecule has 0 aliphatic heterocycles. The predicted octanol–water partition coefficient (Wildman–Crippen LogP) is 2.98. The minimum atomic E-state index is -1.51. The van der Waals surface area contributed by atoms with Crippen LogP contribution in [0.15, 0.2) is 24.3 Å². The fourth-order valence-electron chi connectivity index (χ4n) is 1.38. The summed E-state index contributed by atoms with van der Waals surface area (Å²) in [5, 5.41) is 1.08. The minimum Gasteiger partial charge on any atom is -0.388 e. The molecule has 2 atom stereocenters. The van der Waals surface area contributed by atoms with Gasteiger partial charge in [0.1, 0.15) is 0 Å². The molecule has 5 heteroatoms. The number of hydrogen-bond acceptors (Lipinski definition) is 2. The molecule has 2 nitrogen and oxygen atoms in total. The summed E-state index contributed by atoms with van der Waals surface area (Å²) in [6.07, 6.45) is 0. The van der Waals surface area contributed by atoms with Gasteiger partial charge in [0.2, 0.25) is 0 Å². The van der Waals surface area contributed by atoms with Gasteiger partial charge in [-0.05, 0) is 31.5 Å².